The molecule has 0 saturated carbocycles. The fourth-order valence-corrected chi connectivity index (χ4v) is 2.40. The number of aliphatic hydroxyl groups is 1. The Hall–Kier alpha value is -0.940. The molecule has 2 aromatic carbocycles. The van der Waals surface area contributed by atoms with Crippen molar-refractivity contribution in [2.45, 2.75) is 6.10 Å². The van der Waals surface area contributed by atoms with Crippen molar-refractivity contribution < 1.29 is 9.84 Å². The second kappa shape index (κ2) is 7.90. The van der Waals surface area contributed by atoms with Crippen LogP contribution in [-0.2, 0) is 0 Å². The predicted octanol–water partition coefficient (Wildman–Crippen LogP) is 4.61. The number of aliphatic hydroxyl groups excluding tert-OH is 1. The highest BCUT2D eigenvalue weighted by Crippen LogP contribution is 2.26. The van der Waals surface area contributed by atoms with Gasteiger partial charge in [-0.1, -0.05) is 51.3 Å². The highest BCUT2D eigenvalue weighted by Gasteiger charge is 2.08. The van der Waals surface area contributed by atoms with Gasteiger partial charge in [0.25, 0.3) is 0 Å². The van der Waals surface area contributed by atoms with E-state index in [4.69, 9.17) is 27.9 Å². The van der Waals surface area contributed by atoms with Crippen molar-refractivity contribution in [1.82, 2.24) is 0 Å². The molecule has 21 heavy (non-hydrogen) atoms. The second-order valence-corrected chi connectivity index (χ2v) is 6.13. The minimum atomic E-state index is -0.684. The number of nitrogens with one attached hydrogen (secondary N) is 1. The molecule has 0 amide bonds. The van der Waals surface area contributed by atoms with Crippen LogP contribution in [0.25, 0.3) is 0 Å². The lowest BCUT2D eigenvalue weighted by Crippen LogP contribution is -2.26. The molecule has 2 aromatic rings. The normalized spacial score (nSPS) is 12.0. The van der Waals surface area contributed by atoms with Crippen molar-refractivity contribution in [3.8, 4) is 5.75 Å². The molecule has 0 aliphatic rings. The van der Waals surface area contributed by atoms with E-state index in [0.29, 0.717) is 22.3 Å². The monoisotopic (exact) mass is 389 g/mol. The van der Waals surface area contributed by atoms with Gasteiger partial charge in [-0.25, -0.2) is 0 Å². The van der Waals surface area contributed by atoms with Gasteiger partial charge in [-0.2, -0.15) is 0 Å². The zero-order valence-corrected chi connectivity index (χ0v) is 14.1. The Balaban J connectivity index is 1.84. The van der Waals surface area contributed by atoms with Crippen molar-refractivity contribution in [2.24, 2.45) is 0 Å². The molecule has 0 radical (unpaired) electrons. The Kier molecular flexibility index (Phi) is 6.18. The van der Waals surface area contributed by atoms with Crippen LogP contribution in [0.4, 0.5) is 5.69 Å². The fraction of sp³-hybridized carbons (Fsp3) is 0.200. The number of benzene rings is 2. The first-order valence-electron chi connectivity index (χ1n) is 6.30. The van der Waals surface area contributed by atoms with Gasteiger partial charge in [-0.15, -0.1) is 0 Å². The Morgan fingerprint density at radius 2 is 1.90 bits per heavy atom. The van der Waals surface area contributed by atoms with Gasteiger partial charge in [0.05, 0.1) is 15.7 Å². The SMILES string of the molecule is OC(CNc1cc(Br)ccc1Cl)COc1ccccc1Cl. The van der Waals surface area contributed by atoms with Crippen LogP contribution < -0.4 is 10.1 Å². The molecule has 0 aliphatic heterocycles. The molecule has 0 spiro atoms. The quantitative estimate of drug-likeness (QED) is 0.756. The van der Waals surface area contributed by atoms with Gasteiger partial charge in [0.15, 0.2) is 0 Å². The molecule has 0 bridgehead atoms. The minimum absolute atomic E-state index is 0.141. The van der Waals surface area contributed by atoms with Crippen LogP contribution >= 0.6 is 39.1 Å². The number of hydrogen-bond donors (Lipinski definition) is 2. The van der Waals surface area contributed by atoms with Crippen LogP contribution in [0.1, 0.15) is 0 Å². The molecule has 2 N–H and O–H groups in total. The van der Waals surface area contributed by atoms with Crippen molar-refractivity contribution in [1.29, 1.82) is 0 Å². The number of ether oxygens (including phenoxy) is 1. The maximum absolute atomic E-state index is 9.94. The Bertz CT molecular complexity index is 610. The van der Waals surface area contributed by atoms with Crippen molar-refractivity contribution in [3.05, 3.63) is 57.0 Å². The molecule has 112 valence electrons. The second-order valence-electron chi connectivity index (χ2n) is 4.40. The zero-order valence-electron chi connectivity index (χ0n) is 11.0. The summed E-state index contributed by atoms with van der Waals surface area (Å²) in [7, 11) is 0. The third kappa shape index (κ3) is 5.08. The van der Waals surface area contributed by atoms with E-state index in [2.05, 4.69) is 21.2 Å². The molecule has 0 heterocycles. The summed E-state index contributed by atoms with van der Waals surface area (Å²) in [5.74, 6) is 0.554. The van der Waals surface area contributed by atoms with E-state index >= 15 is 0 Å². The Labute approximate surface area is 142 Å². The Morgan fingerprint density at radius 3 is 2.67 bits per heavy atom. The molecule has 1 unspecified atom stereocenters. The first-order chi connectivity index (χ1) is 10.1. The van der Waals surface area contributed by atoms with Gasteiger partial charge in [0.2, 0.25) is 0 Å². The lowest BCUT2D eigenvalue weighted by molar-refractivity contribution is 0.117. The maximum Gasteiger partial charge on any atom is 0.138 e. The smallest absolute Gasteiger partial charge is 0.138 e. The summed E-state index contributed by atoms with van der Waals surface area (Å²) >= 11 is 15.4. The summed E-state index contributed by atoms with van der Waals surface area (Å²) < 4.78 is 6.39. The Morgan fingerprint density at radius 1 is 1.14 bits per heavy atom. The molecule has 0 fully saturated rings. The van der Waals surface area contributed by atoms with Gasteiger partial charge in [0.1, 0.15) is 18.5 Å². The number of anilines is 1. The van der Waals surface area contributed by atoms with Crippen molar-refractivity contribution >= 4 is 44.8 Å². The highest BCUT2D eigenvalue weighted by molar-refractivity contribution is 9.10. The third-order valence-electron chi connectivity index (χ3n) is 2.72. The van der Waals surface area contributed by atoms with Crippen molar-refractivity contribution in [2.75, 3.05) is 18.5 Å². The van der Waals surface area contributed by atoms with E-state index < -0.39 is 6.10 Å². The summed E-state index contributed by atoms with van der Waals surface area (Å²) in [5, 5.41) is 14.1. The van der Waals surface area contributed by atoms with Gasteiger partial charge >= 0.3 is 0 Å². The number of para-hydroxylation sites is 1. The zero-order chi connectivity index (χ0) is 15.2. The van der Waals surface area contributed by atoms with E-state index in [1.165, 1.54) is 0 Å². The van der Waals surface area contributed by atoms with Crippen LogP contribution in [-0.4, -0.2) is 24.4 Å². The third-order valence-corrected chi connectivity index (χ3v) is 3.86. The van der Waals surface area contributed by atoms with Gasteiger partial charge in [-0.3, -0.25) is 0 Å². The molecule has 0 aliphatic carbocycles. The van der Waals surface area contributed by atoms with E-state index in [-0.39, 0.29) is 6.61 Å². The van der Waals surface area contributed by atoms with E-state index in [9.17, 15) is 5.11 Å². The lowest BCUT2D eigenvalue weighted by atomic mass is 10.3. The summed E-state index contributed by atoms with van der Waals surface area (Å²) in [6, 6.07) is 12.6. The molecular formula is C15H14BrCl2NO2. The summed E-state index contributed by atoms with van der Waals surface area (Å²) in [6.45, 7) is 0.461. The van der Waals surface area contributed by atoms with Gasteiger partial charge in [0, 0.05) is 11.0 Å². The summed E-state index contributed by atoms with van der Waals surface area (Å²) in [5.41, 5.74) is 0.753. The number of rotatable bonds is 6. The van der Waals surface area contributed by atoms with Crippen molar-refractivity contribution in [3.63, 3.8) is 0 Å². The summed E-state index contributed by atoms with van der Waals surface area (Å²) in [6.07, 6.45) is -0.684. The van der Waals surface area contributed by atoms with Crippen LogP contribution in [0.2, 0.25) is 10.0 Å². The average Bonchev–Trinajstić information content (AvgIpc) is 2.47. The van der Waals surface area contributed by atoms with Gasteiger partial charge < -0.3 is 15.2 Å². The number of hydrogen-bond acceptors (Lipinski definition) is 3. The van der Waals surface area contributed by atoms with E-state index in [0.717, 1.165) is 10.2 Å². The minimum Gasteiger partial charge on any atom is -0.489 e. The highest BCUT2D eigenvalue weighted by atomic mass is 79.9. The van der Waals surface area contributed by atoms with Crippen LogP contribution in [0, 0.1) is 0 Å². The lowest BCUT2D eigenvalue weighted by Gasteiger charge is -2.15. The molecule has 6 heteroatoms. The van der Waals surface area contributed by atoms with Crippen LogP contribution in [0.5, 0.6) is 5.75 Å². The number of halogens is 3. The van der Waals surface area contributed by atoms with Crippen LogP contribution in [0.15, 0.2) is 46.9 Å². The molecule has 3 nitrogen and oxygen atoms in total. The molecule has 0 saturated heterocycles. The maximum atomic E-state index is 9.94. The standard InChI is InChI=1S/C15H14BrCl2NO2/c16-10-5-6-12(17)14(7-10)19-8-11(20)9-21-15-4-2-1-3-13(15)18/h1-7,11,19-20H,8-9H2. The average molecular weight is 391 g/mol. The van der Waals surface area contributed by atoms with Gasteiger partial charge in [-0.05, 0) is 30.3 Å². The predicted molar refractivity (Wildman–Crippen MR) is 90.6 cm³/mol. The first-order valence-corrected chi connectivity index (χ1v) is 7.85. The largest absolute Gasteiger partial charge is 0.489 e. The first kappa shape index (κ1) is 16.4. The molecular weight excluding hydrogens is 377 g/mol. The van der Waals surface area contributed by atoms with E-state index in [1.807, 2.05) is 24.3 Å². The molecule has 2 rings (SSSR count). The van der Waals surface area contributed by atoms with E-state index in [1.54, 1.807) is 18.2 Å². The fourth-order valence-electron chi connectivity index (χ4n) is 1.67. The molecule has 1 atom stereocenters. The molecule has 0 aromatic heterocycles. The topological polar surface area (TPSA) is 41.5 Å². The summed E-state index contributed by atoms with van der Waals surface area (Å²) in [4.78, 5) is 0. The van der Waals surface area contributed by atoms with Crippen LogP contribution in [0.3, 0.4) is 0 Å².